The minimum absolute atomic E-state index is 0.157. The van der Waals surface area contributed by atoms with Gasteiger partial charge in [0, 0.05) is 27.4 Å². The molecule has 3 aromatic rings. The highest BCUT2D eigenvalue weighted by Crippen LogP contribution is 2.42. The zero-order valence-electron chi connectivity index (χ0n) is 13.4. The van der Waals surface area contributed by atoms with Gasteiger partial charge in [0.25, 0.3) is 0 Å². The molecule has 0 saturated carbocycles. The number of carbonyl (C=O) groups excluding carboxylic acids is 2. The molecule has 3 nitrogen and oxygen atoms in total. The summed E-state index contributed by atoms with van der Waals surface area (Å²) >= 11 is 6.97. The maximum Gasteiger partial charge on any atom is 0.195 e. The van der Waals surface area contributed by atoms with Gasteiger partial charge in [0.15, 0.2) is 11.6 Å². The minimum atomic E-state index is -0.175. The minimum Gasteiger partial charge on any atom is -0.289 e. The first kappa shape index (κ1) is 17.1. The van der Waals surface area contributed by atoms with Gasteiger partial charge in [0.2, 0.25) is 0 Å². The van der Waals surface area contributed by atoms with E-state index in [9.17, 15) is 9.59 Å². The van der Waals surface area contributed by atoms with Gasteiger partial charge in [0.1, 0.15) is 0 Å². The molecule has 126 valence electrons. The predicted molar refractivity (Wildman–Crippen MR) is 109 cm³/mol. The van der Waals surface area contributed by atoms with Gasteiger partial charge >= 0.3 is 0 Å². The molecule has 0 aliphatic heterocycles. The maximum atomic E-state index is 13.0. The van der Waals surface area contributed by atoms with Crippen LogP contribution in [0.25, 0.3) is 0 Å². The summed E-state index contributed by atoms with van der Waals surface area (Å²) in [6.07, 6.45) is 1.72. The number of benzene rings is 3. The Morgan fingerprint density at radius 1 is 0.769 bits per heavy atom. The van der Waals surface area contributed by atoms with Crippen LogP contribution in [0.2, 0.25) is 0 Å². The van der Waals surface area contributed by atoms with Crippen molar-refractivity contribution in [3.8, 4) is 0 Å². The lowest BCUT2D eigenvalue weighted by molar-refractivity contribution is 0.0978. The van der Waals surface area contributed by atoms with Crippen LogP contribution >= 0.6 is 31.9 Å². The summed E-state index contributed by atoms with van der Waals surface area (Å²) in [5.41, 5.74) is 3.11. The third kappa shape index (κ3) is 2.77. The highest BCUT2D eigenvalue weighted by atomic mass is 79.9. The lowest BCUT2D eigenvalue weighted by atomic mass is 9.84. The van der Waals surface area contributed by atoms with E-state index in [1.807, 2.05) is 30.3 Å². The number of nitrogens with zero attached hydrogens (tertiary/aromatic N) is 1. The van der Waals surface area contributed by atoms with Gasteiger partial charge < -0.3 is 0 Å². The number of hydrogen-bond donors (Lipinski definition) is 0. The molecular weight excluding hydrogens is 458 g/mol. The van der Waals surface area contributed by atoms with Crippen molar-refractivity contribution in [2.75, 3.05) is 0 Å². The van der Waals surface area contributed by atoms with Gasteiger partial charge in [-0.15, -0.1) is 0 Å². The van der Waals surface area contributed by atoms with Crippen molar-refractivity contribution in [1.82, 2.24) is 0 Å². The number of halogens is 2. The van der Waals surface area contributed by atoms with Crippen molar-refractivity contribution in [1.29, 1.82) is 0 Å². The Kier molecular flexibility index (Phi) is 4.42. The van der Waals surface area contributed by atoms with E-state index < -0.39 is 0 Å². The van der Waals surface area contributed by atoms with E-state index in [0.29, 0.717) is 36.9 Å². The van der Waals surface area contributed by atoms with Crippen molar-refractivity contribution in [3.05, 3.63) is 97.4 Å². The average Bonchev–Trinajstić information content (AvgIpc) is 2.66. The maximum absolute atomic E-state index is 13.0. The number of fused-ring (bicyclic) bond motifs is 2. The van der Waals surface area contributed by atoms with E-state index in [2.05, 4.69) is 36.9 Å². The first-order chi connectivity index (χ1) is 12.6. The van der Waals surface area contributed by atoms with Gasteiger partial charge in [-0.05, 0) is 43.5 Å². The zero-order chi connectivity index (χ0) is 18.3. The number of hydrogen-bond acceptors (Lipinski definition) is 3. The van der Waals surface area contributed by atoms with Gasteiger partial charge in [-0.1, -0.05) is 54.6 Å². The third-order valence-electron chi connectivity index (χ3n) is 4.22. The van der Waals surface area contributed by atoms with Crippen LogP contribution in [0.5, 0.6) is 0 Å². The fourth-order valence-electron chi connectivity index (χ4n) is 2.97. The SMILES string of the molecule is O=C1c2ccccc2C(=O)c2c1cc(Br)c(N=Cc1ccccc1)c2Br. The molecule has 0 saturated heterocycles. The molecule has 26 heavy (non-hydrogen) atoms. The number of carbonyl (C=O) groups is 2. The molecule has 0 bridgehead atoms. The summed E-state index contributed by atoms with van der Waals surface area (Å²) in [5.74, 6) is -0.332. The molecule has 0 amide bonds. The van der Waals surface area contributed by atoms with Crippen LogP contribution in [0.3, 0.4) is 0 Å². The van der Waals surface area contributed by atoms with Crippen LogP contribution in [-0.2, 0) is 0 Å². The summed E-state index contributed by atoms with van der Waals surface area (Å²) in [6, 6.07) is 18.2. The summed E-state index contributed by atoms with van der Waals surface area (Å²) in [6.45, 7) is 0. The summed E-state index contributed by atoms with van der Waals surface area (Å²) in [4.78, 5) is 30.3. The van der Waals surface area contributed by atoms with Crippen molar-refractivity contribution < 1.29 is 9.59 Å². The van der Waals surface area contributed by atoms with Crippen molar-refractivity contribution in [2.45, 2.75) is 0 Å². The Balaban J connectivity index is 1.87. The molecule has 0 atom stereocenters. The molecule has 0 heterocycles. The third-order valence-corrected chi connectivity index (χ3v) is 5.60. The zero-order valence-corrected chi connectivity index (χ0v) is 16.5. The van der Waals surface area contributed by atoms with Crippen LogP contribution < -0.4 is 0 Å². The van der Waals surface area contributed by atoms with Crippen molar-refractivity contribution >= 4 is 55.3 Å². The van der Waals surface area contributed by atoms with Crippen LogP contribution in [0.1, 0.15) is 37.4 Å². The van der Waals surface area contributed by atoms with Gasteiger partial charge in [-0.25, -0.2) is 0 Å². The molecule has 0 radical (unpaired) electrons. The van der Waals surface area contributed by atoms with E-state index >= 15 is 0 Å². The second-order valence-corrected chi connectivity index (χ2v) is 7.46. The van der Waals surface area contributed by atoms with Gasteiger partial charge in [-0.3, -0.25) is 14.6 Å². The van der Waals surface area contributed by atoms with Crippen LogP contribution in [0.15, 0.2) is 74.6 Å². The standard InChI is InChI=1S/C21H11Br2NO2/c22-16-10-15-17(21(26)14-9-5-4-8-13(14)20(15)25)18(23)19(16)24-11-12-6-2-1-3-7-12/h1-11H. The Labute approximate surface area is 167 Å². The fraction of sp³-hybridized carbons (Fsp3) is 0. The summed E-state index contributed by atoms with van der Waals surface area (Å²) < 4.78 is 1.16. The highest BCUT2D eigenvalue weighted by Gasteiger charge is 2.32. The molecule has 0 spiro atoms. The topological polar surface area (TPSA) is 46.5 Å². The molecule has 1 aliphatic rings. The molecule has 0 aromatic heterocycles. The average molecular weight is 469 g/mol. The molecule has 0 N–H and O–H groups in total. The first-order valence-electron chi connectivity index (χ1n) is 7.87. The van der Waals surface area contributed by atoms with Crippen LogP contribution in [-0.4, -0.2) is 17.8 Å². The molecular formula is C21H11Br2NO2. The predicted octanol–water partition coefficient (Wildman–Crippen LogP) is 5.74. The Hall–Kier alpha value is -2.37. The Bertz CT molecular complexity index is 1090. The van der Waals surface area contributed by atoms with E-state index in [1.54, 1.807) is 36.5 Å². The largest absolute Gasteiger partial charge is 0.289 e. The van der Waals surface area contributed by atoms with Gasteiger partial charge in [0.05, 0.1) is 15.7 Å². The van der Waals surface area contributed by atoms with Gasteiger partial charge in [-0.2, -0.15) is 0 Å². The lowest BCUT2D eigenvalue weighted by Crippen LogP contribution is -2.21. The van der Waals surface area contributed by atoms with Crippen molar-refractivity contribution in [2.24, 2.45) is 4.99 Å². The first-order valence-corrected chi connectivity index (χ1v) is 9.46. The smallest absolute Gasteiger partial charge is 0.195 e. The molecule has 0 fully saturated rings. The fourth-order valence-corrected chi connectivity index (χ4v) is 4.47. The van der Waals surface area contributed by atoms with E-state index in [0.717, 1.165) is 5.56 Å². The molecule has 1 aliphatic carbocycles. The summed E-state index contributed by atoms with van der Waals surface area (Å²) in [5, 5.41) is 0. The van der Waals surface area contributed by atoms with Crippen LogP contribution in [0.4, 0.5) is 5.69 Å². The van der Waals surface area contributed by atoms with Crippen molar-refractivity contribution in [3.63, 3.8) is 0 Å². The lowest BCUT2D eigenvalue weighted by Gasteiger charge is -2.20. The second-order valence-electron chi connectivity index (χ2n) is 5.82. The molecule has 4 rings (SSSR count). The monoisotopic (exact) mass is 467 g/mol. The molecule has 5 heteroatoms. The number of ketones is 2. The quantitative estimate of drug-likeness (QED) is 0.352. The van der Waals surface area contributed by atoms with E-state index in [-0.39, 0.29) is 11.6 Å². The molecule has 0 unspecified atom stereocenters. The molecule has 3 aromatic carbocycles. The highest BCUT2D eigenvalue weighted by molar-refractivity contribution is 9.11. The van der Waals surface area contributed by atoms with E-state index in [1.165, 1.54) is 0 Å². The summed E-state index contributed by atoms with van der Waals surface area (Å²) in [7, 11) is 0. The van der Waals surface area contributed by atoms with Crippen LogP contribution in [0, 0.1) is 0 Å². The normalized spacial score (nSPS) is 13.0. The Morgan fingerprint density at radius 3 is 2.08 bits per heavy atom. The second kappa shape index (κ2) is 6.74. The Morgan fingerprint density at radius 2 is 1.38 bits per heavy atom. The number of aliphatic imine (C=N–C) groups is 1. The van der Waals surface area contributed by atoms with E-state index in [4.69, 9.17) is 0 Å². The number of rotatable bonds is 2.